The lowest BCUT2D eigenvalue weighted by atomic mass is 10.1. The molecule has 1 atom stereocenters. The van der Waals surface area contributed by atoms with E-state index in [1.54, 1.807) is 0 Å². The average molecular weight is 548 g/mol. The summed E-state index contributed by atoms with van der Waals surface area (Å²) in [5.41, 5.74) is 4.36. The number of ether oxygens (including phenoxy) is 1. The summed E-state index contributed by atoms with van der Waals surface area (Å²) < 4.78 is 33.3. The number of sulfonamides is 1. The monoisotopic (exact) mass is 547 g/mol. The van der Waals surface area contributed by atoms with Crippen LogP contribution in [0.2, 0.25) is 5.02 Å². The Kier molecular flexibility index (Phi) is 7.74. The maximum atomic E-state index is 13.0. The second-order valence-electron chi connectivity index (χ2n) is 8.96. The summed E-state index contributed by atoms with van der Waals surface area (Å²) in [6, 6.07) is 26.8. The summed E-state index contributed by atoms with van der Waals surface area (Å²) in [6.45, 7) is 0.717. The Morgan fingerprint density at radius 1 is 1.00 bits per heavy atom. The maximum absolute atomic E-state index is 13.0. The van der Waals surface area contributed by atoms with E-state index in [9.17, 15) is 13.2 Å². The molecule has 9 heteroatoms. The van der Waals surface area contributed by atoms with Crippen molar-refractivity contribution in [3.05, 3.63) is 107 Å². The molecule has 1 N–H and O–H groups in total. The minimum absolute atomic E-state index is 0.105. The van der Waals surface area contributed by atoms with Crippen molar-refractivity contribution in [1.82, 2.24) is 9.73 Å². The number of amides is 1. The second-order valence-corrected chi connectivity index (χ2v) is 11.3. The predicted octanol–water partition coefficient (Wildman–Crippen LogP) is 5.38. The highest BCUT2D eigenvalue weighted by molar-refractivity contribution is 7.89. The zero-order chi connectivity index (χ0) is 26.5. The largest absolute Gasteiger partial charge is 0.489 e. The van der Waals surface area contributed by atoms with Gasteiger partial charge < -0.3 is 4.74 Å². The lowest BCUT2D eigenvalue weighted by molar-refractivity contribution is -0.124. The molecule has 1 fully saturated rings. The van der Waals surface area contributed by atoms with Gasteiger partial charge in [-0.2, -0.15) is 9.41 Å². The molecule has 0 spiro atoms. The Bertz CT molecular complexity index is 1570. The summed E-state index contributed by atoms with van der Waals surface area (Å²) in [5, 5.41) is 6.82. The minimum Gasteiger partial charge on any atom is -0.489 e. The Hall–Kier alpha value is -3.72. The molecular formula is C29H26ClN3O4S. The molecule has 4 aromatic rings. The maximum Gasteiger partial charge on any atom is 0.258 e. The van der Waals surface area contributed by atoms with E-state index in [0.29, 0.717) is 30.2 Å². The summed E-state index contributed by atoms with van der Waals surface area (Å²) in [4.78, 5) is 12.9. The van der Waals surface area contributed by atoms with E-state index in [0.717, 1.165) is 16.5 Å². The van der Waals surface area contributed by atoms with Crippen molar-refractivity contribution in [2.45, 2.75) is 30.4 Å². The fraction of sp³-hybridized carbons (Fsp3) is 0.172. The number of hydrogen-bond donors (Lipinski definition) is 1. The van der Waals surface area contributed by atoms with Crippen LogP contribution in [0.1, 0.15) is 24.0 Å². The number of nitrogens with one attached hydrogen (secondary N) is 1. The zero-order valence-corrected chi connectivity index (χ0v) is 22.0. The van der Waals surface area contributed by atoms with Crippen molar-refractivity contribution in [1.29, 1.82) is 0 Å². The number of hydrazone groups is 1. The van der Waals surface area contributed by atoms with Gasteiger partial charge in [-0.1, -0.05) is 54.1 Å². The molecule has 0 bridgehead atoms. The van der Waals surface area contributed by atoms with Crippen LogP contribution in [0.25, 0.3) is 10.8 Å². The Morgan fingerprint density at radius 3 is 2.53 bits per heavy atom. The van der Waals surface area contributed by atoms with Crippen molar-refractivity contribution in [3.8, 4) is 5.75 Å². The number of carbonyl (C=O) groups is 1. The molecule has 0 unspecified atom stereocenters. The normalized spacial score (nSPS) is 16.2. The quantitative estimate of drug-likeness (QED) is 0.237. The van der Waals surface area contributed by atoms with E-state index in [2.05, 4.69) is 34.8 Å². The second kappa shape index (κ2) is 11.3. The van der Waals surface area contributed by atoms with Crippen LogP contribution < -0.4 is 10.2 Å². The van der Waals surface area contributed by atoms with E-state index < -0.39 is 22.0 Å². The average Bonchev–Trinajstić information content (AvgIpc) is 3.44. The third kappa shape index (κ3) is 5.72. The molecule has 0 saturated carbocycles. The topological polar surface area (TPSA) is 88.1 Å². The Morgan fingerprint density at radius 2 is 1.74 bits per heavy atom. The van der Waals surface area contributed by atoms with Crippen molar-refractivity contribution in [2.75, 3.05) is 6.54 Å². The number of benzene rings is 4. The van der Waals surface area contributed by atoms with Crippen LogP contribution in [-0.4, -0.2) is 37.4 Å². The standard InChI is InChI=1S/C29H26ClN3O4S/c30-24-12-16-26(17-13-24)38(35,36)33-18-4-9-28(33)29(34)32-31-19-21-10-14-25(15-11-21)37-20-23-7-3-6-22-5-1-2-8-27(22)23/h1-3,5-8,10-17,19,28H,4,9,18,20H2,(H,32,34)/b31-19-/t28-/m0/s1. The van der Waals surface area contributed by atoms with Gasteiger partial charge in [-0.25, -0.2) is 13.8 Å². The van der Waals surface area contributed by atoms with E-state index in [-0.39, 0.29) is 11.4 Å². The van der Waals surface area contributed by atoms with Crippen LogP contribution in [0.5, 0.6) is 5.75 Å². The molecule has 1 heterocycles. The van der Waals surface area contributed by atoms with E-state index in [1.807, 2.05) is 42.5 Å². The number of nitrogens with zero attached hydrogens (tertiary/aromatic N) is 2. The molecule has 194 valence electrons. The van der Waals surface area contributed by atoms with Gasteiger partial charge in [-0.3, -0.25) is 4.79 Å². The number of halogens is 1. The van der Waals surface area contributed by atoms with Crippen molar-refractivity contribution in [2.24, 2.45) is 5.10 Å². The fourth-order valence-electron chi connectivity index (χ4n) is 4.51. The van der Waals surface area contributed by atoms with Gasteiger partial charge >= 0.3 is 0 Å². The SMILES string of the molecule is O=C(N/N=C\c1ccc(OCc2cccc3ccccc23)cc1)[C@@H]1CCCN1S(=O)(=O)c1ccc(Cl)cc1. The molecule has 1 aliphatic rings. The van der Waals surface area contributed by atoms with Crippen molar-refractivity contribution >= 4 is 44.5 Å². The molecule has 7 nitrogen and oxygen atoms in total. The number of hydrogen-bond acceptors (Lipinski definition) is 5. The lowest BCUT2D eigenvalue weighted by Gasteiger charge is -2.22. The molecule has 1 amide bonds. The van der Waals surface area contributed by atoms with Crippen LogP contribution >= 0.6 is 11.6 Å². The molecule has 4 aromatic carbocycles. The predicted molar refractivity (Wildman–Crippen MR) is 149 cm³/mol. The van der Waals surface area contributed by atoms with Crippen LogP contribution in [0.3, 0.4) is 0 Å². The number of fused-ring (bicyclic) bond motifs is 1. The highest BCUT2D eigenvalue weighted by atomic mass is 35.5. The van der Waals surface area contributed by atoms with Gasteiger partial charge in [0.1, 0.15) is 18.4 Å². The first-order chi connectivity index (χ1) is 18.4. The van der Waals surface area contributed by atoms with Gasteiger partial charge in [0.25, 0.3) is 5.91 Å². The molecule has 5 rings (SSSR count). The first kappa shape index (κ1) is 25.9. The van der Waals surface area contributed by atoms with Gasteiger partial charge in [0.2, 0.25) is 10.0 Å². The Labute approximate surface area is 226 Å². The van der Waals surface area contributed by atoms with Crippen molar-refractivity contribution in [3.63, 3.8) is 0 Å². The molecule has 38 heavy (non-hydrogen) atoms. The van der Waals surface area contributed by atoms with Crippen LogP contribution in [0.15, 0.2) is 101 Å². The summed E-state index contributed by atoms with van der Waals surface area (Å²) in [5.74, 6) is 0.249. The molecule has 1 saturated heterocycles. The van der Waals surface area contributed by atoms with Gasteiger partial charge in [0.15, 0.2) is 0 Å². The van der Waals surface area contributed by atoms with Crippen molar-refractivity contribution < 1.29 is 17.9 Å². The number of rotatable bonds is 8. The molecule has 0 aliphatic carbocycles. The highest BCUT2D eigenvalue weighted by Gasteiger charge is 2.39. The first-order valence-electron chi connectivity index (χ1n) is 12.2. The molecule has 1 aliphatic heterocycles. The minimum atomic E-state index is -3.82. The zero-order valence-electron chi connectivity index (χ0n) is 20.5. The highest BCUT2D eigenvalue weighted by Crippen LogP contribution is 2.27. The lowest BCUT2D eigenvalue weighted by Crippen LogP contribution is -2.44. The van der Waals surface area contributed by atoms with Gasteiger partial charge in [-0.05, 0) is 83.3 Å². The van der Waals surface area contributed by atoms with E-state index in [4.69, 9.17) is 16.3 Å². The fourth-order valence-corrected chi connectivity index (χ4v) is 6.29. The van der Waals surface area contributed by atoms with Gasteiger partial charge in [0, 0.05) is 11.6 Å². The molecular weight excluding hydrogens is 522 g/mol. The van der Waals surface area contributed by atoms with Crippen LogP contribution in [0, 0.1) is 0 Å². The summed E-state index contributed by atoms with van der Waals surface area (Å²) in [6.07, 6.45) is 2.53. The van der Waals surface area contributed by atoms with E-state index >= 15 is 0 Å². The third-order valence-corrected chi connectivity index (χ3v) is 8.64. The van der Waals surface area contributed by atoms with Crippen LogP contribution in [-0.2, 0) is 21.4 Å². The number of carbonyl (C=O) groups excluding carboxylic acids is 1. The molecule has 0 radical (unpaired) electrons. The van der Waals surface area contributed by atoms with Crippen LogP contribution in [0.4, 0.5) is 0 Å². The van der Waals surface area contributed by atoms with Gasteiger partial charge in [0.05, 0.1) is 11.1 Å². The molecule has 0 aromatic heterocycles. The Balaban J connectivity index is 1.17. The van der Waals surface area contributed by atoms with Gasteiger partial charge in [-0.15, -0.1) is 0 Å². The first-order valence-corrected chi connectivity index (χ1v) is 14.0. The summed E-state index contributed by atoms with van der Waals surface area (Å²) in [7, 11) is -3.82. The smallest absolute Gasteiger partial charge is 0.258 e. The summed E-state index contributed by atoms with van der Waals surface area (Å²) >= 11 is 5.88. The van der Waals surface area contributed by atoms with E-state index in [1.165, 1.54) is 40.2 Å². The third-order valence-electron chi connectivity index (χ3n) is 6.47.